The van der Waals surface area contributed by atoms with E-state index in [1.54, 1.807) is 13.8 Å². The van der Waals surface area contributed by atoms with Gasteiger partial charge in [-0.1, -0.05) is 13.8 Å². The topological polar surface area (TPSA) is 89.7 Å². The standard InChI is InChI=1S/C11H18N2O4/c1-7(2)10(12)11(16)17-6-13-8(14)4-3-5-9(13)15/h7,10H,3-6,12H2,1-2H3. The minimum Gasteiger partial charge on any atom is -0.443 e. The Hall–Kier alpha value is -1.43. The van der Waals surface area contributed by atoms with Gasteiger partial charge in [-0.25, -0.2) is 4.90 Å². The zero-order chi connectivity index (χ0) is 13.0. The Morgan fingerprint density at radius 2 is 1.88 bits per heavy atom. The molecule has 96 valence electrons. The number of nitrogens with zero attached hydrogens (tertiary/aromatic N) is 1. The number of hydrogen-bond donors (Lipinski definition) is 1. The molecular formula is C11H18N2O4. The van der Waals surface area contributed by atoms with E-state index in [4.69, 9.17) is 10.5 Å². The number of amides is 2. The van der Waals surface area contributed by atoms with Gasteiger partial charge < -0.3 is 10.5 Å². The Balaban J connectivity index is 2.46. The highest BCUT2D eigenvalue weighted by atomic mass is 16.5. The summed E-state index contributed by atoms with van der Waals surface area (Å²) in [4.78, 5) is 35.2. The molecule has 1 aliphatic heterocycles. The van der Waals surface area contributed by atoms with Gasteiger partial charge in [0.05, 0.1) is 0 Å². The minimum atomic E-state index is -0.731. The number of nitrogens with two attached hydrogens (primary N) is 1. The van der Waals surface area contributed by atoms with E-state index in [2.05, 4.69) is 0 Å². The molecule has 2 N–H and O–H groups in total. The number of ether oxygens (including phenoxy) is 1. The van der Waals surface area contributed by atoms with Gasteiger partial charge in [0, 0.05) is 12.8 Å². The molecule has 1 rings (SSSR count). The van der Waals surface area contributed by atoms with Crippen LogP contribution in [0.3, 0.4) is 0 Å². The maximum absolute atomic E-state index is 11.4. The molecule has 6 nitrogen and oxygen atoms in total. The van der Waals surface area contributed by atoms with E-state index in [0.717, 1.165) is 4.90 Å². The van der Waals surface area contributed by atoms with E-state index < -0.39 is 12.0 Å². The van der Waals surface area contributed by atoms with Crippen LogP contribution in [0.15, 0.2) is 0 Å². The van der Waals surface area contributed by atoms with E-state index >= 15 is 0 Å². The number of hydrogen-bond acceptors (Lipinski definition) is 5. The molecule has 0 aliphatic carbocycles. The highest BCUT2D eigenvalue weighted by Gasteiger charge is 2.28. The number of rotatable bonds is 4. The maximum Gasteiger partial charge on any atom is 0.324 e. The number of carbonyl (C=O) groups is 3. The summed E-state index contributed by atoms with van der Waals surface area (Å²) in [5.41, 5.74) is 5.58. The summed E-state index contributed by atoms with van der Waals surface area (Å²) in [6.45, 7) is 3.27. The van der Waals surface area contributed by atoms with Crippen molar-refractivity contribution < 1.29 is 19.1 Å². The van der Waals surface area contributed by atoms with Gasteiger partial charge >= 0.3 is 5.97 Å². The van der Waals surface area contributed by atoms with Crippen LogP contribution in [-0.4, -0.2) is 35.5 Å². The summed E-state index contributed by atoms with van der Waals surface area (Å²) >= 11 is 0. The lowest BCUT2D eigenvalue weighted by molar-refractivity contribution is -0.162. The molecule has 0 bridgehead atoms. The quantitative estimate of drug-likeness (QED) is 0.554. The smallest absolute Gasteiger partial charge is 0.324 e. The van der Waals surface area contributed by atoms with Crippen molar-refractivity contribution >= 4 is 17.8 Å². The summed E-state index contributed by atoms with van der Waals surface area (Å²) < 4.78 is 4.87. The highest BCUT2D eigenvalue weighted by Crippen LogP contribution is 2.12. The van der Waals surface area contributed by atoms with Crippen molar-refractivity contribution in [2.24, 2.45) is 11.7 Å². The lowest BCUT2D eigenvalue weighted by Gasteiger charge is -2.25. The molecule has 1 atom stereocenters. The fourth-order valence-electron chi connectivity index (χ4n) is 1.44. The predicted octanol–water partition coefficient (Wildman–Crippen LogP) is 0.00950. The van der Waals surface area contributed by atoms with Crippen LogP contribution in [0.4, 0.5) is 0 Å². The van der Waals surface area contributed by atoms with E-state index in [9.17, 15) is 14.4 Å². The molecule has 1 aliphatic rings. The molecule has 0 radical (unpaired) electrons. The average Bonchev–Trinajstić information content (AvgIpc) is 2.26. The van der Waals surface area contributed by atoms with Crippen LogP contribution in [0.5, 0.6) is 0 Å². The molecule has 1 heterocycles. The van der Waals surface area contributed by atoms with Gasteiger partial charge in [-0.3, -0.25) is 14.4 Å². The van der Waals surface area contributed by atoms with Crippen LogP contribution >= 0.6 is 0 Å². The predicted molar refractivity (Wildman–Crippen MR) is 59.5 cm³/mol. The van der Waals surface area contributed by atoms with Crippen molar-refractivity contribution in [3.05, 3.63) is 0 Å². The van der Waals surface area contributed by atoms with Crippen LogP contribution in [-0.2, 0) is 19.1 Å². The van der Waals surface area contributed by atoms with Crippen molar-refractivity contribution in [3.63, 3.8) is 0 Å². The molecule has 0 aromatic heterocycles. The molecule has 2 amide bonds. The first-order valence-corrected chi connectivity index (χ1v) is 5.69. The van der Waals surface area contributed by atoms with Crippen LogP contribution in [0.25, 0.3) is 0 Å². The zero-order valence-electron chi connectivity index (χ0n) is 10.1. The minimum absolute atomic E-state index is 0.0461. The molecule has 1 unspecified atom stereocenters. The van der Waals surface area contributed by atoms with E-state index in [1.807, 2.05) is 0 Å². The molecule has 1 fully saturated rings. The van der Waals surface area contributed by atoms with Crippen molar-refractivity contribution in [2.75, 3.05) is 6.73 Å². The van der Waals surface area contributed by atoms with Gasteiger partial charge in [-0.15, -0.1) is 0 Å². The monoisotopic (exact) mass is 242 g/mol. The van der Waals surface area contributed by atoms with E-state index in [1.165, 1.54) is 0 Å². The number of piperidine rings is 1. The molecule has 6 heteroatoms. The van der Waals surface area contributed by atoms with Crippen molar-refractivity contribution in [2.45, 2.75) is 39.2 Å². The fraction of sp³-hybridized carbons (Fsp3) is 0.727. The Morgan fingerprint density at radius 1 is 1.35 bits per heavy atom. The molecule has 0 spiro atoms. The Kier molecular flexibility index (Phi) is 4.62. The Bertz CT molecular complexity index is 311. The second-order valence-corrected chi connectivity index (χ2v) is 4.43. The van der Waals surface area contributed by atoms with Gasteiger partial charge in [-0.05, 0) is 12.3 Å². The second-order valence-electron chi connectivity index (χ2n) is 4.43. The third kappa shape index (κ3) is 3.52. The Morgan fingerprint density at radius 3 is 2.35 bits per heavy atom. The lowest BCUT2D eigenvalue weighted by Crippen LogP contribution is -2.44. The molecule has 0 aromatic carbocycles. The SMILES string of the molecule is CC(C)C(N)C(=O)OCN1C(=O)CCCC1=O. The highest BCUT2D eigenvalue weighted by molar-refractivity contribution is 5.97. The number of likely N-dealkylation sites (tertiary alicyclic amines) is 1. The van der Waals surface area contributed by atoms with Crippen molar-refractivity contribution in [1.29, 1.82) is 0 Å². The fourth-order valence-corrected chi connectivity index (χ4v) is 1.44. The van der Waals surface area contributed by atoms with Crippen LogP contribution in [0, 0.1) is 5.92 Å². The molecule has 0 aromatic rings. The molecular weight excluding hydrogens is 224 g/mol. The zero-order valence-corrected chi connectivity index (χ0v) is 10.1. The summed E-state index contributed by atoms with van der Waals surface area (Å²) in [5, 5.41) is 0. The maximum atomic E-state index is 11.4. The summed E-state index contributed by atoms with van der Waals surface area (Å²) in [6.07, 6.45) is 1.20. The lowest BCUT2D eigenvalue weighted by atomic mass is 10.1. The summed E-state index contributed by atoms with van der Waals surface area (Å²) in [5.74, 6) is -1.24. The van der Waals surface area contributed by atoms with Gasteiger partial charge in [0.15, 0.2) is 6.73 Å². The van der Waals surface area contributed by atoms with Crippen LogP contribution < -0.4 is 5.73 Å². The number of esters is 1. The largest absolute Gasteiger partial charge is 0.443 e. The van der Waals surface area contributed by atoms with Crippen molar-refractivity contribution in [3.8, 4) is 0 Å². The first-order chi connectivity index (χ1) is 7.93. The second kappa shape index (κ2) is 5.77. The van der Waals surface area contributed by atoms with Crippen LogP contribution in [0.2, 0.25) is 0 Å². The number of imide groups is 1. The van der Waals surface area contributed by atoms with Gasteiger partial charge in [-0.2, -0.15) is 0 Å². The third-order valence-electron chi connectivity index (χ3n) is 2.71. The summed E-state index contributed by atoms with van der Waals surface area (Å²) in [6, 6.07) is -0.731. The van der Waals surface area contributed by atoms with Crippen molar-refractivity contribution in [1.82, 2.24) is 4.90 Å². The van der Waals surface area contributed by atoms with E-state index in [-0.39, 0.29) is 24.5 Å². The Labute approximate surface area is 100 Å². The van der Waals surface area contributed by atoms with Gasteiger partial charge in [0.1, 0.15) is 6.04 Å². The van der Waals surface area contributed by atoms with Gasteiger partial charge in [0.2, 0.25) is 11.8 Å². The number of carbonyl (C=O) groups excluding carboxylic acids is 3. The molecule has 1 saturated heterocycles. The average molecular weight is 242 g/mol. The first kappa shape index (κ1) is 13.6. The first-order valence-electron chi connectivity index (χ1n) is 5.69. The van der Waals surface area contributed by atoms with Crippen LogP contribution in [0.1, 0.15) is 33.1 Å². The molecule has 17 heavy (non-hydrogen) atoms. The third-order valence-corrected chi connectivity index (χ3v) is 2.71. The van der Waals surface area contributed by atoms with Gasteiger partial charge in [0.25, 0.3) is 0 Å². The van der Waals surface area contributed by atoms with E-state index in [0.29, 0.717) is 19.3 Å². The molecule has 0 saturated carbocycles. The summed E-state index contributed by atoms with van der Waals surface area (Å²) in [7, 11) is 0. The normalized spacial score (nSPS) is 18.5.